The number of thioether (sulfide) groups is 1. The fraction of sp³-hybridized carbons (Fsp3) is 0.227. The van der Waals surface area contributed by atoms with E-state index in [0.29, 0.717) is 17.1 Å². The van der Waals surface area contributed by atoms with Gasteiger partial charge >= 0.3 is 0 Å². The third-order valence-corrected chi connectivity index (χ3v) is 5.54. The fourth-order valence-corrected chi connectivity index (χ4v) is 3.74. The van der Waals surface area contributed by atoms with Crippen molar-refractivity contribution in [3.05, 3.63) is 59.9 Å². The molecule has 1 heterocycles. The number of aromatic nitrogens is 2. The van der Waals surface area contributed by atoms with Crippen LogP contribution < -0.4 is 15.4 Å². The van der Waals surface area contributed by atoms with E-state index in [0.717, 1.165) is 10.8 Å². The molecule has 0 aliphatic heterocycles. The Morgan fingerprint density at radius 3 is 2.70 bits per heavy atom. The first-order valence-corrected chi connectivity index (χ1v) is 10.4. The highest BCUT2D eigenvalue weighted by molar-refractivity contribution is 7.99. The van der Waals surface area contributed by atoms with Gasteiger partial charge in [0.05, 0.1) is 24.2 Å². The number of rotatable bonds is 7. The second-order valence-corrected chi connectivity index (χ2v) is 7.67. The van der Waals surface area contributed by atoms with E-state index in [1.807, 2.05) is 22.9 Å². The van der Waals surface area contributed by atoms with Gasteiger partial charge in [-0.05, 0) is 49.2 Å². The van der Waals surface area contributed by atoms with Crippen LogP contribution >= 0.6 is 11.8 Å². The minimum Gasteiger partial charge on any atom is -0.495 e. The zero-order chi connectivity index (χ0) is 21.7. The molecule has 7 nitrogen and oxygen atoms in total. The van der Waals surface area contributed by atoms with E-state index in [9.17, 15) is 9.59 Å². The van der Waals surface area contributed by atoms with E-state index in [-0.39, 0.29) is 17.6 Å². The summed E-state index contributed by atoms with van der Waals surface area (Å²) < 4.78 is 7.22. The van der Waals surface area contributed by atoms with Gasteiger partial charge in [0.2, 0.25) is 11.8 Å². The summed E-state index contributed by atoms with van der Waals surface area (Å²) in [7, 11) is 1.52. The molecule has 2 aromatic carbocycles. The first-order chi connectivity index (χ1) is 14.4. The van der Waals surface area contributed by atoms with Crippen LogP contribution in [0.25, 0.3) is 5.69 Å². The van der Waals surface area contributed by atoms with Crippen molar-refractivity contribution >= 4 is 35.0 Å². The summed E-state index contributed by atoms with van der Waals surface area (Å²) in [5.41, 5.74) is 4.49. The number of methoxy groups -OCH3 is 1. The fourth-order valence-electron chi connectivity index (χ4n) is 2.98. The summed E-state index contributed by atoms with van der Waals surface area (Å²) in [6.07, 6.45) is 3.62. The molecule has 3 rings (SSSR count). The maximum Gasteiger partial charge on any atom is 0.234 e. The average molecular weight is 425 g/mol. The summed E-state index contributed by atoms with van der Waals surface area (Å²) >= 11 is 1.36. The number of nitrogens with one attached hydrogen (secondary N) is 2. The summed E-state index contributed by atoms with van der Waals surface area (Å²) in [5.74, 6) is 0.330. The highest BCUT2D eigenvalue weighted by atomic mass is 32.2. The van der Waals surface area contributed by atoms with Crippen LogP contribution in [0.5, 0.6) is 5.75 Å². The predicted octanol–water partition coefficient (Wildman–Crippen LogP) is 4.19. The number of ether oxygens (including phenoxy) is 1. The first kappa shape index (κ1) is 21.4. The predicted molar refractivity (Wildman–Crippen MR) is 120 cm³/mol. The van der Waals surface area contributed by atoms with Gasteiger partial charge in [0.15, 0.2) is 5.16 Å². The van der Waals surface area contributed by atoms with Gasteiger partial charge in [0.25, 0.3) is 0 Å². The van der Waals surface area contributed by atoms with Gasteiger partial charge in [0, 0.05) is 25.0 Å². The molecule has 0 aliphatic rings. The highest BCUT2D eigenvalue weighted by Gasteiger charge is 2.13. The van der Waals surface area contributed by atoms with Crippen molar-refractivity contribution in [2.24, 2.45) is 0 Å². The van der Waals surface area contributed by atoms with Crippen LogP contribution in [0.15, 0.2) is 53.9 Å². The lowest BCUT2D eigenvalue weighted by Gasteiger charge is -2.13. The molecule has 2 amide bonds. The first-order valence-electron chi connectivity index (χ1n) is 9.37. The topological polar surface area (TPSA) is 85.2 Å². The zero-order valence-corrected chi connectivity index (χ0v) is 18.2. The van der Waals surface area contributed by atoms with Crippen molar-refractivity contribution in [2.45, 2.75) is 25.9 Å². The van der Waals surface area contributed by atoms with E-state index in [4.69, 9.17) is 4.74 Å². The van der Waals surface area contributed by atoms with Crippen LogP contribution in [-0.4, -0.2) is 34.2 Å². The normalized spacial score (nSPS) is 10.5. The molecule has 0 saturated heterocycles. The van der Waals surface area contributed by atoms with Gasteiger partial charge < -0.3 is 15.4 Å². The third-order valence-electron chi connectivity index (χ3n) is 4.57. The van der Waals surface area contributed by atoms with Crippen LogP contribution in [-0.2, 0) is 9.59 Å². The second kappa shape index (κ2) is 9.49. The third kappa shape index (κ3) is 5.01. The lowest BCUT2D eigenvalue weighted by atomic mass is 10.1. The number of anilines is 2. The molecular formula is C22H24N4O3S. The Kier molecular flexibility index (Phi) is 6.79. The largest absolute Gasteiger partial charge is 0.495 e. The van der Waals surface area contributed by atoms with Crippen LogP contribution in [0.1, 0.15) is 18.1 Å². The monoisotopic (exact) mass is 424 g/mol. The Morgan fingerprint density at radius 1 is 1.17 bits per heavy atom. The molecule has 0 aliphatic carbocycles. The van der Waals surface area contributed by atoms with Crippen LogP contribution in [0.4, 0.5) is 11.4 Å². The minimum absolute atomic E-state index is 0.172. The summed E-state index contributed by atoms with van der Waals surface area (Å²) in [6.45, 7) is 5.56. The van der Waals surface area contributed by atoms with Crippen LogP contribution in [0.2, 0.25) is 0 Å². The molecule has 0 unspecified atom stereocenters. The number of carbonyl (C=O) groups is 2. The number of imidazole rings is 1. The van der Waals surface area contributed by atoms with Gasteiger partial charge in [-0.1, -0.05) is 23.9 Å². The molecule has 3 aromatic rings. The lowest BCUT2D eigenvalue weighted by Crippen LogP contribution is -2.15. The Hall–Kier alpha value is -3.26. The van der Waals surface area contributed by atoms with Crippen molar-refractivity contribution in [2.75, 3.05) is 23.5 Å². The molecule has 0 bridgehead atoms. The highest BCUT2D eigenvalue weighted by Crippen LogP contribution is 2.28. The van der Waals surface area contributed by atoms with Crippen LogP contribution in [0, 0.1) is 13.8 Å². The van der Waals surface area contributed by atoms with E-state index < -0.39 is 0 Å². The van der Waals surface area contributed by atoms with Crippen molar-refractivity contribution in [1.29, 1.82) is 0 Å². The molecule has 156 valence electrons. The molecule has 1 aromatic heterocycles. The smallest absolute Gasteiger partial charge is 0.234 e. The number of benzene rings is 2. The summed E-state index contributed by atoms with van der Waals surface area (Å²) in [5, 5.41) is 6.28. The molecule has 0 atom stereocenters. The van der Waals surface area contributed by atoms with Crippen molar-refractivity contribution in [3.8, 4) is 11.4 Å². The van der Waals surface area contributed by atoms with E-state index in [1.165, 1.54) is 36.9 Å². The van der Waals surface area contributed by atoms with Gasteiger partial charge in [0.1, 0.15) is 5.75 Å². The Balaban J connectivity index is 1.68. The lowest BCUT2D eigenvalue weighted by molar-refractivity contribution is -0.114. The van der Waals surface area contributed by atoms with Crippen molar-refractivity contribution in [3.63, 3.8) is 0 Å². The number of carbonyl (C=O) groups excluding carboxylic acids is 2. The number of amides is 2. The SMILES string of the molecule is COc1ccc(NC(=O)CSc2nccn2-c2cccc(C)c2C)cc1NC(C)=O. The van der Waals surface area contributed by atoms with E-state index in [2.05, 4.69) is 35.5 Å². The van der Waals surface area contributed by atoms with E-state index >= 15 is 0 Å². The summed E-state index contributed by atoms with van der Waals surface area (Å²) in [6, 6.07) is 11.2. The minimum atomic E-state index is -0.217. The molecule has 0 fully saturated rings. The van der Waals surface area contributed by atoms with Gasteiger partial charge in [-0.15, -0.1) is 0 Å². The molecule has 0 saturated carbocycles. The molecule has 0 radical (unpaired) electrons. The maximum atomic E-state index is 12.5. The number of aryl methyl sites for hydroxylation is 1. The maximum absolute atomic E-state index is 12.5. The molecule has 30 heavy (non-hydrogen) atoms. The number of hydrogen-bond acceptors (Lipinski definition) is 5. The van der Waals surface area contributed by atoms with Crippen LogP contribution in [0.3, 0.4) is 0 Å². The number of nitrogens with zero attached hydrogens (tertiary/aromatic N) is 2. The van der Waals surface area contributed by atoms with E-state index in [1.54, 1.807) is 24.4 Å². The van der Waals surface area contributed by atoms with Gasteiger partial charge in [-0.25, -0.2) is 4.98 Å². The Labute approximate surface area is 179 Å². The zero-order valence-electron chi connectivity index (χ0n) is 17.4. The molecule has 0 spiro atoms. The molecular weight excluding hydrogens is 400 g/mol. The average Bonchev–Trinajstić information content (AvgIpc) is 3.17. The molecule has 2 N–H and O–H groups in total. The second-order valence-electron chi connectivity index (χ2n) is 6.73. The van der Waals surface area contributed by atoms with Gasteiger partial charge in [-0.2, -0.15) is 0 Å². The molecule has 8 heteroatoms. The standard InChI is InChI=1S/C22H24N4O3S/c1-14-6-5-7-19(15(14)2)26-11-10-23-22(26)30-13-21(28)25-17-8-9-20(29-4)18(12-17)24-16(3)27/h5-12H,13H2,1-4H3,(H,24,27)(H,25,28). The quantitative estimate of drug-likeness (QED) is 0.556. The van der Waals surface area contributed by atoms with Crippen molar-refractivity contribution < 1.29 is 14.3 Å². The summed E-state index contributed by atoms with van der Waals surface area (Å²) in [4.78, 5) is 28.2. The van der Waals surface area contributed by atoms with Gasteiger partial charge in [-0.3, -0.25) is 14.2 Å². The Bertz CT molecular complexity index is 1080. The number of hydrogen-bond donors (Lipinski definition) is 2. The Morgan fingerprint density at radius 2 is 1.97 bits per heavy atom. The van der Waals surface area contributed by atoms with Crippen molar-refractivity contribution in [1.82, 2.24) is 9.55 Å².